The Morgan fingerprint density at radius 3 is 2.48 bits per heavy atom. The van der Waals surface area contributed by atoms with E-state index < -0.39 is 10.2 Å². The molecule has 3 aromatic rings. The lowest BCUT2D eigenvalue weighted by Crippen LogP contribution is -2.38. The summed E-state index contributed by atoms with van der Waals surface area (Å²) in [6.45, 7) is 6.78. The molecule has 1 aliphatic heterocycles. The van der Waals surface area contributed by atoms with Gasteiger partial charge in [0.25, 0.3) is 10.2 Å². The maximum absolute atomic E-state index is 12.6. The lowest BCUT2D eigenvalue weighted by atomic mass is 10.0. The van der Waals surface area contributed by atoms with E-state index in [9.17, 15) is 8.42 Å². The van der Waals surface area contributed by atoms with Crippen molar-refractivity contribution in [2.75, 3.05) is 13.1 Å². The molecule has 154 valence electrons. The van der Waals surface area contributed by atoms with Gasteiger partial charge in [-0.15, -0.1) is 0 Å². The van der Waals surface area contributed by atoms with Crippen molar-refractivity contribution in [3.63, 3.8) is 0 Å². The van der Waals surface area contributed by atoms with Crippen molar-refractivity contribution in [1.29, 1.82) is 0 Å². The molecule has 1 fully saturated rings. The first-order chi connectivity index (χ1) is 13.9. The van der Waals surface area contributed by atoms with Crippen LogP contribution in [0.15, 0.2) is 48.9 Å². The number of hydrogen-bond donors (Lipinski definition) is 1. The SMILES string of the molecule is CC(C)Cn1cc(CNS(=O)(=O)N2CCCC2)c2ccc(-c3ccncc3)cc21. The van der Waals surface area contributed by atoms with Gasteiger partial charge in [-0.25, -0.2) is 0 Å². The summed E-state index contributed by atoms with van der Waals surface area (Å²) < 4.78 is 31.7. The summed E-state index contributed by atoms with van der Waals surface area (Å²) in [5.41, 5.74) is 4.38. The molecule has 1 saturated heterocycles. The largest absolute Gasteiger partial charge is 0.347 e. The molecular formula is C22H28N4O2S. The van der Waals surface area contributed by atoms with Crippen LogP contribution in [0, 0.1) is 5.92 Å². The number of rotatable bonds is 7. The van der Waals surface area contributed by atoms with Gasteiger partial charge in [-0.3, -0.25) is 4.98 Å². The van der Waals surface area contributed by atoms with E-state index in [0.717, 1.165) is 47.0 Å². The highest BCUT2D eigenvalue weighted by Gasteiger charge is 2.25. The number of benzene rings is 1. The first-order valence-electron chi connectivity index (χ1n) is 10.2. The van der Waals surface area contributed by atoms with E-state index in [0.29, 0.717) is 25.6 Å². The van der Waals surface area contributed by atoms with Gasteiger partial charge in [-0.1, -0.05) is 26.0 Å². The normalized spacial score (nSPS) is 15.6. The van der Waals surface area contributed by atoms with E-state index in [1.807, 2.05) is 12.1 Å². The van der Waals surface area contributed by atoms with Crippen molar-refractivity contribution in [2.45, 2.75) is 39.8 Å². The summed E-state index contributed by atoms with van der Waals surface area (Å²) in [5.74, 6) is 0.490. The van der Waals surface area contributed by atoms with E-state index in [-0.39, 0.29) is 0 Å². The molecule has 0 saturated carbocycles. The van der Waals surface area contributed by atoms with E-state index in [1.165, 1.54) is 0 Å². The van der Waals surface area contributed by atoms with Gasteiger partial charge < -0.3 is 4.57 Å². The predicted molar refractivity (Wildman–Crippen MR) is 117 cm³/mol. The maximum Gasteiger partial charge on any atom is 0.279 e. The molecule has 0 bridgehead atoms. The lowest BCUT2D eigenvalue weighted by molar-refractivity contribution is 0.464. The molecule has 7 heteroatoms. The molecule has 0 aliphatic carbocycles. The quantitative estimate of drug-likeness (QED) is 0.642. The zero-order valence-electron chi connectivity index (χ0n) is 17.0. The summed E-state index contributed by atoms with van der Waals surface area (Å²) in [4.78, 5) is 4.10. The van der Waals surface area contributed by atoms with Crippen molar-refractivity contribution in [1.82, 2.24) is 18.6 Å². The minimum Gasteiger partial charge on any atom is -0.347 e. The highest BCUT2D eigenvalue weighted by molar-refractivity contribution is 7.87. The molecular weight excluding hydrogens is 384 g/mol. The van der Waals surface area contributed by atoms with Crippen LogP contribution >= 0.6 is 0 Å². The second kappa shape index (κ2) is 8.26. The van der Waals surface area contributed by atoms with Gasteiger partial charge in [0.2, 0.25) is 0 Å². The van der Waals surface area contributed by atoms with Crippen LogP contribution in [-0.2, 0) is 23.3 Å². The van der Waals surface area contributed by atoms with Crippen LogP contribution in [0.25, 0.3) is 22.0 Å². The summed E-state index contributed by atoms with van der Waals surface area (Å²) in [5, 5.41) is 1.09. The third-order valence-electron chi connectivity index (χ3n) is 5.39. The Morgan fingerprint density at radius 1 is 1.07 bits per heavy atom. The summed E-state index contributed by atoms with van der Waals surface area (Å²) in [7, 11) is -3.42. The molecule has 1 aliphatic rings. The van der Waals surface area contributed by atoms with Crippen LogP contribution in [0.5, 0.6) is 0 Å². The fourth-order valence-electron chi connectivity index (χ4n) is 3.97. The predicted octanol–water partition coefficient (Wildman–Crippen LogP) is 3.79. The van der Waals surface area contributed by atoms with Crippen molar-refractivity contribution in [3.05, 3.63) is 54.5 Å². The van der Waals surface area contributed by atoms with Crippen LogP contribution < -0.4 is 4.72 Å². The first kappa shape index (κ1) is 20.1. The minimum absolute atomic E-state index is 0.301. The van der Waals surface area contributed by atoms with Crippen molar-refractivity contribution in [2.24, 2.45) is 5.92 Å². The van der Waals surface area contributed by atoms with E-state index in [4.69, 9.17) is 0 Å². The Balaban J connectivity index is 1.67. The summed E-state index contributed by atoms with van der Waals surface area (Å²) in [6, 6.07) is 10.4. The van der Waals surface area contributed by atoms with Crippen molar-refractivity contribution < 1.29 is 8.42 Å². The van der Waals surface area contributed by atoms with Crippen molar-refractivity contribution in [3.8, 4) is 11.1 Å². The van der Waals surface area contributed by atoms with Crippen LogP contribution in [0.1, 0.15) is 32.3 Å². The average molecular weight is 413 g/mol. The van der Waals surface area contributed by atoms with Gasteiger partial charge in [0.15, 0.2) is 0 Å². The third kappa shape index (κ3) is 4.37. The molecule has 0 spiro atoms. The standard InChI is InChI=1S/C22H28N4O2S/c1-17(2)15-25-16-20(14-24-29(27,28)26-11-3-4-12-26)21-6-5-19(13-22(21)25)18-7-9-23-10-8-18/h5-10,13,16-17,24H,3-4,11-12,14-15H2,1-2H3. The maximum atomic E-state index is 12.6. The van der Waals surface area contributed by atoms with Crippen LogP contribution in [0.4, 0.5) is 0 Å². The molecule has 3 heterocycles. The Kier molecular flexibility index (Phi) is 5.72. The second-order valence-corrected chi connectivity index (χ2v) is 9.86. The highest BCUT2D eigenvalue weighted by atomic mass is 32.2. The Hall–Kier alpha value is -2.22. The number of fused-ring (bicyclic) bond motifs is 1. The van der Waals surface area contributed by atoms with Gasteiger partial charge >= 0.3 is 0 Å². The number of pyridine rings is 1. The zero-order chi connectivity index (χ0) is 20.4. The summed E-state index contributed by atoms with van der Waals surface area (Å²) >= 11 is 0. The third-order valence-corrected chi connectivity index (χ3v) is 6.94. The van der Waals surface area contributed by atoms with Gasteiger partial charge in [0, 0.05) is 55.7 Å². The van der Waals surface area contributed by atoms with Crippen LogP contribution in [-0.4, -0.2) is 35.4 Å². The Labute approximate surface area is 172 Å². The Bertz CT molecular complexity index is 1080. The van der Waals surface area contributed by atoms with Crippen LogP contribution in [0.3, 0.4) is 0 Å². The molecule has 0 radical (unpaired) electrons. The lowest BCUT2D eigenvalue weighted by Gasteiger charge is -2.15. The molecule has 1 N–H and O–H groups in total. The molecule has 0 atom stereocenters. The number of aromatic nitrogens is 2. The molecule has 1 aromatic carbocycles. The number of nitrogens with one attached hydrogen (secondary N) is 1. The van der Waals surface area contributed by atoms with E-state index in [1.54, 1.807) is 16.7 Å². The fourth-order valence-corrected chi connectivity index (χ4v) is 5.23. The van der Waals surface area contributed by atoms with Crippen molar-refractivity contribution >= 4 is 21.1 Å². The van der Waals surface area contributed by atoms with Gasteiger partial charge in [-0.2, -0.15) is 17.4 Å². The van der Waals surface area contributed by atoms with Crippen LogP contribution in [0.2, 0.25) is 0 Å². The zero-order valence-corrected chi connectivity index (χ0v) is 17.8. The topological polar surface area (TPSA) is 67.2 Å². The average Bonchev–Trinajstić information content (AvgIpc) is 3.36. The minimum atomic E-state index is -3.42. The fraction of sp³-hybridized carbons (Fsp3) is 0.409. The first-order valence-corrected chi connectivity index (χ1v) is 11.6. The van der Waals surface area contributed by atoms with Gasteiger partial charge in [-0.05, 0) is 53.6 Å². The molecule has 6 nitrogen and oxygen atoms in total. The van der Waals surface area contributed by atoms with Gasteiger partial charge in [0.1, 0.15) is 0 Å². The number of nitrogens with zero attached hydrogens (tertiary/aromatic N) is 3. The molecule has 29 heavy (non-hydrogen) atoms. The summed E-state index contributed by atoms with van der Waals surface area (Å²) in [6.07, 6.45) is 7.56. The van der Waals surface area contributed by atoms with Gasteiger partial charge in [0.05, 0.1) is 0 Å². The molecule has 2 aromatic heterocycles. The van der Waals surface area contributed by atoms with E-state index in [2.05, 4.69) is 52.5 Å². The Morgan fingerprint density at radius 2 is 1.79 bits per heavy atom. The molecule has 0 amide bonds. The molecule has 4 rings (SSSR count). The monoisotopic (exact) mass is 412 g/mol. The smallest absolute Gasteiger partial charge is 0.279 e. The molecule has 0 unspecified atom stereocenters. The highest BCUT2D eigenvalue weighted by Crippen LogP contribution is 2.28. The van der Waals surface area contributed by atoms with E-state index >= 15 is 0 Å². The number of hydrogen-bond acceptors (Lipinski definition) is 3. The second-order valence-electron chi connectivity index (χ2n) is 8.10.